The van der Waals surface area contributed by atoms with Crippen LogP contribution in [-0.4, -0.2) is 12.0 Å². The number of halogens is 1. The van der Waals surface area contributed by atoms with Crippen molar-refractivity contribution in [2.45, 2.75) is 12.8 Å². The number of carbonyl (C=O) groups is 1. The number of carbonyl (C=O) groups excluding carboxylic acids is 2. The zero-order chi connectivity index (χ0) is 10.8. The molecule has 1 aliphatic rings. The fourth-order valence-corrected chi connectivity index (χ4v) is 1.58. The SMILES string of the molecule is O=C=Nc1cc(F)cc2c1NC(=O)CC2. The molecular formula is C10H7FN2O2. The van der Waals surface area contributed by atoms with Crippen molar-refractivity contribution >= 4 is 23.4 Å². The van der Waals surface area contributed by atoms with E-state index in [2.05, 4.69) is 10.3 Å². The molecule has 1 heterocycles. The van der Waals surface area contributed by atoms with Gasteiger partial charge < -0.3 is 5.32 Å². The first-order chi connectivity index (χ1) is 7.20. The summed E-state index contributed by atoms with van der Waals surface area (Å²) in [6, 6.07) is 2.42. The molecule has 4 nitrogen and oxygen atoms in total. The average Bonchev–Trinajstić information content (AvgIpc) is 2.19. The molecule has 0 saturated carbocycles. The van der Waals surface area contributed by atoms with E-state index >= 15 is 0 Å². The Morgan fingerprint density at radius 1 is 1.40 bits per heavy atom. The van der Waals surface area contributed by atoms with Crippen LogP contribution in [0.4, 0.5) is 15.8 Å². The number of hydrogen-bond acceptors (Lipinski definition) is 3. The Morgan fingerprint density at radius 3 is 2.93 bits per heavy atom. The molecule has 76 valence electrons. The molecule has 0 unspecified atom stereocenters. The molecule has 1 amide bonds. The number of anilines is 1. The summed E-state index contributed by atoms with van der Waals surface area (Å²) in [7, 11) is 0. The van der Waals surface area contributed by atoms with Gasteiger partial charge in [0.1, 0.15) is 11.5 Å². The minimum atomic E-state index is -0.473. The molecule has 0 fully saturated rings. The van der Waals surface area contributed by atoms with E-state index in [4.69, 9.17) is 0 Å². The number of rotatable bonds is 1. The maximum absolute atomic E-state index is 13.1. The van der Waals surface area contributed by atoms with E-state index in [1.165, 1.54) is 12.1 Å². The highest BCUT2D eigenvalue weighted by Crippen LogP contribution is 2.33. The summed E-state index contributed by atoms with van der Waals surface area (Å²) in [5.41, 5.74) is 1.19. The lowest BCUT2D eigenvalue weighted by molar-refractivity contribution is -0.116. The van der Waals surface area contributed by atoms with Crippen molar-refractivity contribution in [2.24, 2.45) is 4.99 Å². The second kappa shape index (κ2) is 3.63. The van der Waals surface area contributed by atoms with Crippen molar-refractivity contribution in [3.05, 3.63) is 23.5 Å². The van der Waals surface area contributed by atoms with E-state index in [1.54, 1.807) is 0 Å². The van der Waals surface area contributed by atoms with Gasteiger partial charge in [0.15, 0.2) is 0 Å². The summed E-state index contributed by atoms with van der Waals surface area (Å²) in [5, 5.41) is 2.56. The Labute approximate surface area is 84.8 Å². The van der Waals surface area contributed by atoms with Crippen molar-refractivity contribution in [1.82, 2.24) is 0 Å². The quantitative estimate of drug-likeness (QED) is 0.561. The molecule has 5 heteroatoms. The maximum Gasteiger partial charge on any atom is 0.240 e. The normalized spacial score (nSPS) is 13.8. The summed E-state index contributed by atoms with van der Waals surface area (Å²) >= 11 is 0. The summed E-state index contributed by atoms with van der Waals surface area (Å²) < 4.78 is 13.1. The highest BCUT2D eigenvalue weighted by atomic mass is 19.1. The van der Waals surface area contributed by atoms with Crippen LogP contribution in [0.15, 0.2) is 17.1 Å². The van der Waals surface area contributed by atoms with Gasteiger partial charge in [0.2, 0.25) is 12.0 Å². The lowest BCUT2D eigenvalue weighted by Gasteiger charge is -2.17. The molecule has 0 saturated heterocycles. The highest BCUT2D eigenvalue weighted by molar-refractivity contribution is 5.97. The van der Waals surface area contributed by atoms with Crippen molar-refractivity contribution in [1.29, 1.82) is 0 Å². The molecule has 1 aromatic rings. The monoisotopic (exact) mass is 206 g/mol. The predicted octanol–water partition coefficient (Wildman–Crippen LogP) is 1.68. The van der Waals surface area contributed by atoms with Gasteiger partial charge in [0, 0.05) is 12.5 Å². The molecule has 0 radical (unpaired) electrons. The third kappa shape index (κ3) is 1.78. The van der Waals surface area contributed by atoms with E-state index in [1.807, 2.05) is 0 Å². The first kappa shape index (κ1) is 9.55. The fraction of sp³-hybridized carbons (Fsp3) is 0.200. The Balaban J connectivity index is 2.59. The number of benzene rings is 1. The number of aryl methyl sites for hydroxylation is 1. The Kier molecular flexibility index (Phi) is 2.31. The topological polar surface area (TPSA) is 58.5 Å². The second-order valence-corrected chi connectivity index (χ2v) is 3.21. The lowest BCUT2D eigenvalue weighted by atomic mass is 10.0. The highest BCUT2D eigenvalue weighted by Gasteiger charge is 2.18. The molecule has 0 bridgehead atoms. The summed E-state index contributed by atoms with van der Waals surface area (Å²) in [5.74, 6) is -0.629. The molecule has 0 atom stereocenters. The summed E-state index contributed by atoms with van der Waals surface area (Å²) in [6.07, 6.45) is 2.11. The van der Waals surface area contributed by atoms with Gasteiger partial charge in [-0.3, -0.25) is 4.79 Å². The Morgan fingerprint density at radius 2 is 2.20 bits per heavy atom. The van der Waals surface area contributed by atoms with Crippen LogP contribution < -0.4 is 5.32 Å². The summed E-state index contributed by atoms with van der Waals surface area (Å²) in [4.78, 5) is 24.6. The second-order valence-electron chi connectivity index (χ2n) is 3.21. The van der Waals surface area contributed by atoms with Gasteiger partial charge in [-0.2, -0.15) is 4.99 Å². The minimum absolute atomic E-state index is 0.119. The number of amides is 1. The van der Waals surface area contributed by atoms with E-state index in [-0.39, 0.29) is 11.6 Å². The third-order valence-electron chi connectivity index (χ3n) is 2.22. The Bertz CT molecular complexity index is 479. The average molecular weight is 206 g/mol. The summed E-state index contributed by atoms with van der Waals surface area (Å²) in [6.45, 7) is 0. The number of isocyanates is 1. The number of fused-ring (bicyclic) bond motifs is 1. The first-order valence-corrected chi connectivity index (χ1v) is 4.41. The van der Waals surface area contributed by atoms with Crippen LogP contribution >= 0.6 is 0 Å². The van der Waals surface area contributed by atoms with Crippen LogP contribution in [0.1, 0.15) is 12.0 Å². The third-order valence-corrected chi connectivity index (χ3v) is 2.22. The molecule has 2 rings (SSSR count). The van der Waals surface area contributed by atoms with Crippen LogP contribution in [0.25, 0.3) is 0 Å². The molecule has 0 aromatic heterocycles. The van der Waals surface area contributed by atoms with Crippen molar-refractivity contribution in [3.63, 3.8) is 0 Å². The van der Waals surface area contributed by atoms with Crippen LogP contribution in [0.5, 0.6) is 0 Å². The smallest absolute Gasteiger partial charge is 0.240 e. The molecule has 15 heavy (non-hydrogen) atoms. The maximum atomic E-state index is 13.1. The van der Waals surface area contributed by atoms with Crippen LogP contribution in [0.2, 0.25) is 0 Å². The van der Waals surface area contributed by atoms with Gasteiger partial charge >= 0.3 is 0 Å². The minimum Gasteiger partial charge on any atom is -0.324 e. The lowest BCUT2D eigenvalue weighted by Crippen LogP contribution is -2.19. The van der Waals surface area contributed by atoms with Gasteiger partial charge in [-0.25, -0.2) is 9.18 Å². The molecule has 0 spiro atoms. The van der Waals surface area contributed by atoms with E-state index in [0.717, 1.165) is 6.07 Å². The van der Waals surface area contributed by atoms with Crippen LogP contribution in [0, 0.1) is 5.82 Å². The van der Waals surface area contributed by atoms with Gasteiger partial charge in [-0.1, -0.05) is 0 Å². The van der Waals surface area contributed by atoms with Gasteiger partial charge in [0.05, 0.1) is 5.69 Å². The van der Waals surface area contributed by atoms with Crippen molar-refractivity contribution in [3.8, 4) is 0 Å². The number of nitrogens with one attached hydrogen (secondary N) is 1. The number of nitrogens with zero attached hydrogens (tertiary/aromatic N) is 1. The van der Waals surface area contributed by atoms with Crippen LogP contribution in [-0.2, 0) is 16.0 Å². The van der Waals surface area contributed by atoms with E-state index in [0.29, 0.717) is 24.1 Å². The standard InChI is InChI=1S/C10H7FN2O2/c11-7-3-6-1-2-9(15)13-10(6)8(4-7)12-5-14/h3-4H,1-2H2,(H,13,15). The van der Waals surface area contributed by atoms with E-state index in [9.17, 15) is 14.0 Å². The molecule has 1 N–H and O–H groups in total. The van der Waals surface area contributed by atoms with Gasteiger partial charge in [0.25, 0.3) is 0 Å². The molecule has 1 aromatic carbocycles. The van der Waals surface area contributed by atoms with Gasteiger partial charge in [-0.15, -0.1) is 0 Å². The van der Waals surface area contributed by atoms with Crippen molar-refractivity contribution < 1.29 is 14.0 Å². The predicted molar refractivity (Wildman–Crippen MR) is 51.1 cm³/mol. The number of hydrogen-bond donors (Lipinski definition) is 1. The molecule has 0 aliphatic carbocycles. The van der Waals surface area contributed by atoms with Crippen LogP contribution in [0.3, 0.4) is 0 Å². The fourth-order valence-electron chi connectivity index (χ4n) is 1.58. The number of aliphatic imine (C=N–C) groups is 1. The largest absolute Gasteiger partial charge is 0.324 e. The van der Waals surface area contributed by atoms with Crippen molar-refractivity contribution in [2.75, 3.05) is 5.32 Å². The first-order valence-electron chi connectivity index (χ1n) is 4.41. The molecular weight excluding hydrogens is 199 g/mol. The van der Waals surface area contributed by atoms with E-state index < -0.39 is 5.82 Å². The Hall–Kier alpha value is -2.00. The zero-order valence-electron chi connectivity index (χ0n) is 7.71. The van der Waals surface area contributed by atoms with Gasteiger partial charge in [-0.05, 0) is 18.1 Å². The zero-order valence-corrected chi connectivity index (χ0v) is 7.71. The molecule has 1 aliphatic heterocycles.